The SMILES string of the molecule is COc1cc(Cl)cc2cc(C(=O)C3=C(O)C(=O)N(c4ccc(F)cc4)C3c3c[nH]c4ccccc34)oc12. The van der Waals surface area contributed by atoms with E-state index in [1.54, 1.807) is 18.3 Å². The first-order valence-corrected chi connectivity index (χ1v) is 11.6. The maximum Gasteiger partial charge on any atom is 0.294 e. The number of aliphatic hydroxyl groups excluding tert-OH is 1. The number of nitrogens with zero attached hydrogens (tertiary/aromatic N) is 1. The topological polar surface area (TPSA) is 95.8 Å². The van der Waals surface area contributed by atoms with Gasteiger partial charge in [-0.15, -0.1) is 0 Å². The normalized spacial score (nSPS) is 15.8. The lowest BCUT2D eigenvalue weighted by molar-refractivity contribution is -0.117. The molecule has 1 unspecified atom stereocenters. The van der Waals surface area contributed by atoms with Gasteiger partial charge in [-0.2, -0.15) is 0 Å². The number of hydrogen-bond donors (Lipinski definition) is 2. The van der Waals surface area contributed by atoms with E-state index in [9.17, 15) is 19.1 Å². The van der Waals surface area contributed by atoms with Gasteiger partial charge in [-0.1, -0.05) is 29.8 Å². The summed E-state index contributed by atoms with van der Waals surface area (Å²) in [6, 6.07) is 16.3. The van der Waals surface area contributed by atoms with Crippen molar-refractivity contribution in [1.82, 2.24) is 4.98 Å². The molecule has 184 valence electrons. The number of nitrogens with one attached hydrogen (secondary N) is 1. The number of ether oxygens (including phenoxy) is 1. The molecule has 0 saturated carbocycles. The molecule has 2 N–H and O–H groups in total. The summed E-state index contributed by atoms with van der Waals surface area (Å²) in [4.78, 5) is 31.7. The van der Waals surface area contributed by atoms with E-state index in [0.717, 1.165) is 10.9 Å². The number of H-pyrrole nitrogens is 1. The Morgan fingerprint density at radius 2 is 1.89 bits per heavy atom. The van der Waals surface area contributed by atoms with Crippen molar-refractivity contribution in [3.8, 4) is 5.75 Å². The van der Waals surface area contributed by atoms with E-state index in [1.807, 2.05) is 24.3 Å². The minimum Gasteiger partial charge on any atom is -0.503 e. The average Bonchev–Trinajstić information content (AvgIpc) is 3.58. The van der Waals surface area contributed by atoms with Crippen LogP contribution in [0, 0.1) is 5.82 Å². The van der Waals surface area contributed by atoms with Crippen molar-refractivity contribution in [3.63, 3.8) is 0 Å². The first-order valence-electron chi connectivity index (χ1n) is 11.3. The Labute approximate surface area is 214 Å². The number of amides is 1. The average molecular weight is 517 g/mol. The van der Waals surface area contributed by atoms with Crippen LogP contribution < -0.4 is 9.64 Å². The molecule has 0 aliphatic carbocycles. The van der Waals surface area contributed by atoms with Crippen LogP contribution in [0.5, 0.6) is 5.75 Å². The van der Waals surface area contributed by atoms with Crippen molar-refractivity contribution in [2.45, 2.75) is 6.04 Å². The summed E-state index contributed by atoms with van der Waals surface area (Å²) in [7, 11) is 1.45. The van der Waals surface area contributed by atoms with Crippen molar-refractivity contribution in [1.29, 1.82) is 0 Å². The van der Waals surface area contributed by atoms with Crippen LogP contribution in [0.15, 0.2) is 88.7 Å². The molecule has 1 amide bonds. The second-order valence-corrected chi connectivity index (χ2v) is 9.01. The number of hydrogen-bond acceptors (Lipinski definition) is 5. The molecule has 0 spiro atoms. The lowest BCUT2D eigenvalue weighted by Crippen LogP contribution is -2.31. The van der Waals surface area contributed by atoms with Gasteiger partial charge in [0.05, 0.1) is 18.7 Å². The van der Waals surface area contributed by atoms with Crippen molar-refractivity contribution >= 4 is 50.9 Å². The zero-order chi connectivity index (χ0) is 25.8. The Morgan fingerprint density at radius 1 is 1.14 bits per heavy atom. The molecule has 3 heterocycles. The van der Waals surface area contributed by atoms with Gasteiger partial charge in [0.25, 0.3) is 5.91 Å². The molecule has 6 rings (SSSR count). The number of carbonyl (C=O) groups is 2. The highest BCUT2D eigenvalue weighted by atomic mass is 35.5. The highest BCUT2D eigenvalue weighted by molar-refractivity contribution is 6.31. The van der Waals surface area contributed by atoms with Crippen LogP contribution in [0.2, 0.25) is 5.02 Å². The van der Waals surface area contributed by atoms with E-state index >= 15 is 0 Å². The summed E-state index contributed by atoms with van der Waals surface area (Å²) in [5.41, 5.74) is 1.82. The highest BCUT2D eigenvalue weighted by Crippen LogP contribution is 2.44. The molecule has 1 aliphatic heterocycles. The zero-order valence-electron chi connectivity index (χ0n) is 19.3. The minimum absolute atomic E-state index is 0.101. The molecule has 1 atom stereocenters. The van der Waals surface area contributed by atoms with E-state index in [1.165, 1.54) is 42.3 Å². The van der Waals surface area contributed by atoms with Gasteiger partial charge in [-0.25, -0.2) is 4.39 Å². The molecular weight excluding hydrogens is 499 g/mol. The Balaban J connectivity index is 1.54. The number of Topliss-reactive ketones (excluding diaryl/α,β-unsaturated/α-hetero) is 1. The number of anilines is 1. The maximum absolute atomic E-state index is 13.9. The second-order valence-electron chi connectivity index (χ2n) is 8.57. The van der Waals surface area contributed by atoms with Gasteiger partial charge < -0.3 is 19.2 Å². The number of ketones is 1. The van der Waals surface area contributed by atoms with Crippen LogP contribution in [-0.2, 0) is 4.79 Å². The molecule has 0 radical (unpaired) electrons. The first-order chi connectivity index (χ1) is 17.9. The number of benzene rings is 3. The van der Waals surface area contributed by atoms with Gasteiger partial charge in [0.15, 0.2) is 22.9 Å². The van der Waals surface area contributed by atoms with E-state index < -0.39 is 29.3 Å². The number of halogens is 2. The van der Waals surface area contributed by atoms with Crippen LogP contribution in [0.3, 0.4) is 0 Å². The van der Waals surface area contributed by atoms with Gasteiger partial charge in [-0.05, 0) is 42.5 Å². The fourth-order valence-corrected chi connectivity index (χ4v) is 5.02. The summed E-state index contributed by atoms with van der Waals surface area (Å²) in [5, 5.41) is 12.7. The third kappa shape index (κ3) is 3.56. The number of methoxy groups -OCH3 is 1. The summed E-state index contributed by atoms with van der Waals surface area (Å²) >= 11 is 6.17. The molecule has 7 nitrogen and oxygen atoms in total. The van der Waals surface area contributed by atoms with Crippen LogP contribution in [-0.4, -0.2) is 28.9 Å². The standard InChI is InChI=1S/C28H18ClFN2O5/c1-36-22-12-15(29)10-14-11-21(37-27(14)22)25(33)23-24(19-13-31-20-5-3-2-4-18(19)20)32(28(35)26(23)34)17-8-6-16(30)7-9-17/h2-13,24,31,34H,1H3. The van der Waals surface area contributed by atoms with Crippen LogP contribution in [0.1, 0.15) is 22.2 Å². The van der Waals surface area contributed by atoms with Crippen LogP contribution in [0.4, 0.5) is 10.1 Å². The number of fused-ring (bicyclic) bond motifs is 2. The fourth-order valence-electron chi connectivity index (χ4n) is 4.80. The van der Waals surface area contributed by atoms with Gasteiger partial charge >= 0.3 is 0 Å². The quantitative estimate of drug-likeness (QED) is 0.260. The van der Waals surface area contributed by atoms with Crippen LogP contribution in [0.25, 0.3) is 21.9 Å². The van der Waals surface area contributed by atoms with E-state index in [0.29, 0.717) is 33.0 Å². The predicted molar refractivity (Wildman–Crippen MR) is 137 cm³/mol. The van der Waals surface area contributed by atoms with Gasteiger partial charge in [0.1, 0.15) is 5.82 Å². The number of aromatic nitrogens is 1. The molecule has 37 heavy (non-hydrogen) atoms. The zero-order valence-corrected chi connectivity index (χ0v) is 20.0. The molecule has 2 aromatic heterocycles. The third-order valence-electron chi connectivity index (χ3n) is 6.46. The number of rotatable bonds is 5. The van der Waals surface area contributed by atoms with Crippen molar-refractivity contribution in [3.05, 3.63) is 106 Å². The fraction of sp³-hybridized carbons (Fsp3) is 0.0714. The molecular formula is C28H18ClFN2O5. The Morgan fingerprint density at radius 3 is 2.65 bits per heavy atom. The Hall–Kier alpha value is -4.56. The first kappa shape index (κ1) is 22.9. The number of aromatic amines is 1. The monoisotopic (exact) mass is 516 g/mol. The number of para-hydroxylation sites is 1. The van der Waals surface area contributed by atoms with E-state index in [2.05, 4.69) is 4.98 Å². The molecule has 1 aliphatic rings. The maximum atomic E-state index is 13.9. The summed E-state index contributed by atoms with van der Waals surface area (Å²) in [5.74, 6) is -2.43. The number of furan rings is 1. The van der Waals surface area contributed by atoms with E-state index in [4.69, 9.17) is 20.8 Å². The smallest absolute Gasteiger partial charge is 0.294 e. The Bertz CT molecular complexity index is 1750. The van der Waals surface area contributed by atoms with Gasteiger partial charge in [0, 0.05) is 44.8 Å². The lowest BCUT2D eigenvalue weighted by atomic mass is 9.94. The lowest BCUT2D eigenvalue weighted by Gasteiger charge is -2.26. The predicted octanol–water partition coefficient (Wildman–Crippen LogP) is 6.50. The Kier molecular flexibility index (Phi) is 5.27. The molecule has 0 bridgehead atoms. The van der Waals surface area contributed by atoms with Crippen molar-refractivity contribution in [2.75, 3.05) is 12.0 Å². The minimum atomic E-state index is -1.01. The van der Waals surface area contributed by atoms with E-state index in [-0.39, 0.29) is 11.3 Å². The number of carbonyl (C=O) groups excluding carboxylic acids is 2. The molecule has 9 heteroatoms. The van der Waals surface area contributed by atoms with Crippen molar-refractivity contribution in [2.24, 2.45) is 0 Å². The largest absolute Gasteiger partial charge is 0.503 e. The molecule has 0 fully saturated rings. The van der Waals surface area contributed by atoms with Gasteiger partial charge in [-0.3, -0.25) is 14.5 Å². The van der Waals surface area contributed by atoms with Crippen molar-refractivity contribution < 1.29 is 28.2 Å². The molecule has 0 saturated heterocycles. The highest BCUT2D eigenvalue weighted by Gasteiger charge is 2.46. The summed E-state index contributed by atoms with van der Waals surface area (Å²) in [6.07, 6.45) is 1.69. The summed E-state index contributed by atoms with van der Waals surface area (Å²) < 4.78 is 24.9. The molecule has 5 aromatic rings. The third-order valence-corrected chi connectivity index (χ3v) is 6.68. The molecule has 3 aromatic carbocycles. The summed E-state index contributed by atoms with van der Waals surface area (Å²) in [6.45, 7) is 0. The van der Waals surface area contributed by atoms with Gasteiger partial charge in [0.2, 0.25) is 5.78 Å². The second kappa shape index (κ2) is 8.53. The van der Waals surface area contributed by atoms with Crippen LogP contribution >= 0.6 is 11.6 Å². The number of aliphatic hydroxyl groups is 1.